The molecule has 6 heteroatoms. The van der Waals surface area contributed by atoms with Crippen LogP contribution in [0.25, 0.3) is 0 Å². The molecule has 0 saturated carbocycles. The van der Waals surface area contributed by atoms with Gasteiger partial charge in [-0.3, -0.25) is 0 Å². The molecule has 2 aromatic rings. The monoisotopic (exact) mass is 251 g/mol. The minimum absolute atomic E-state index is 0.0459. The number of carbonyl (C=O) groups is 1. The highest BCUT2D eigenvalue weighted by molar-refractivity contribution is 5.87. The lowest BCUT2D eigenvalue weighted by Gasteiger charge is -2.03. The van der Waals surface area contributed by atoms with Crippen LogP contribution in [0.4, 0.5) is 4.39 Å². The first-order valence-corrected chi connectivity index (χ1v) is 5.17. The average molecular weight is 251 g/mol. The maximum atomic E-state index is 12.7. The molecule has 0 saturated heterocycles. The summed E-state index contributed by atoms with van der Waals surface area (Å²) in [6.45, 7) is 1.45. The number of hydrogen-bond acceptors (Lipinski definition) is 3. The Morgan fingerprint density at radius 3 is 2.56 bits per heavy atom. The van der Waals surface area contributed by atoms with E-state index in [1.807, 2.05) is 0 Å². The van der Waals surface area contributed by atoms with Crippen LogP contribution >= 0.6 is 0 Å². The molecule has 0 unspecified atom stereocenters. The van der Waals surface area contributed by atoms with Crippen LogP contribution in [0.2, 0.25) is 0 Å². The van der Waals surface area contributed by atoms with Crippen molar-refractivity contribution in [1.29, 1.82) is 0 Å². The normalized spacial score (nSPS) is 10.6. The second-order valence-corrected chi connectivity index (χ2v) is 3.82. The van der Waals surface area contributed by atoms with E-state index in [2.05, 4.69) is 0 Å². The van der Waals surface area contributed by atoms with Gasteiger partial charge in [0.2, 0.25) is 0 Å². The van der Waals surface area contributed by atoms with Crippen molar-refractivity contribution in [2.75, 3.05) is 0 Å². The Kier molecular flexibility index (Phi) is 3.01. The molecule has 0 aliphatic heterocycles. The maximum absolute atomic E-state index is 12.7. The van der Waals surface area contributed by atoms with Crippen LogP contribution in [-0.2, 0) is 6.54 Å². The highest BCUT2D eigenvalue weighted by Crippen LogP contribution is 2.10. The van der Waals surface area contributed by atoms with Crippen LogP contribution in [-0.4, -0.2) is 15.8 Å². The lowest BCUT2D eigenvalue weighted by molar-refractivity contribution is 0.0669. The van der Waals surface area contributed by atoms with Gasteiger partial charge in [-0.2, -0.15) is 4.74 Å². The first-order valence-electron chi connectivity index (χ1n) is 5.17. The van der Waals surface area contributed by atoms with E-state index in [1.165, 1.54) is 31.2 Å². The van der Waals surface area contributed by atoms with Crippen molar-refractivity contribution in [1.82, 2.24) is 4.74 Å². The van der Waals surface area contributed by atoms with Crippen molar-refractivity contribution in [2.24, 2.45) is 0 Å². The lowest BCUT2D eigenvalue weighted by Crippen LogP contribution is -2.10. The molecular formula is C12H10FNO4. The van der Waals surface area contributed by atoms with Gasteiger partial charge in [0.1, 0.15) is 5.82 Å². The average Bonchev–Trinajstić information content (AvgIpc) is 2.58. The Labute approximate surface area is 101 Å². The molecule has 1 heterocycles. The summed E-state index contributed by atoms with van der Waals surface area (Å²) in [5.41, 5.74) is -0.193. The fourth-order valence-electron chi connectivity index (χ4n) is 1.63. The van der Waals surface area contributed by atoms with Gasteiger partial charge in [0, 0.05) is 0 Å². The van der Waals surface area contributed by atoms with E-state index in [-0.39, 0.29) is 23.6 Å². The predicted octanol–water partition coefficient (Wildman–Crippen LogP) is 1.64. The first kappa shape index (κ1) is 12.1. The number of carboxylic acid groups (broad SMARTS) is 1. The van der Waals surface area contributed by atoms with Crippen LogP contribution in [0.15, 0.2) is 33.6 Å². The van der Waals surface area contributed by atoms with Crippen LogP contribution in [0.1, 0.15) is 21.6 Å². The highest BCUT2D eigenvalue weighted by atomic mass is 19.1. The Balaban J connectivity index is 2.40. The Bertz CT molecular complexity index is 639. The van der Waals surface area contributed by atoms with Crippen LogP contribution in [0.5, 0.6) is 0 Å². The summed E-state index contributed by atoms with van der Waals surface area (Å²) in [5.74, 6) is -1.62. The largest absolute Gasteiger partial charge is 0.476 e. The van der Waals surface area contributed by atoms with Crippen molar-refractivity contribution >= 4 is 5.97 Å². The third-order valence-electron chi connectivity index (χ3n) is 2.55. The molecule has 0 radical (unpaired) electrons. The zero-order valence-electron chi connectivity index (χ0n) is 9.51. The topological polar surface area (TPSA) is 72.4 Å². The van der Waals surface area contributed by atoms with Crippen LogP contribution in [0.3, 0.4) is 0 Å². The molecule has 1 N–H and O–H groups in total. The van der Waals surface area contributed by atoms with Crippen molar-refractivity contribution < 1.29 is 18.8 Å². The van der Waals surface area contributed by atoms with Gasteiger partial charge in [-0.25, -0.2) is 14.0 Å². The number of aromatic nitrogens is 1. The van der Waals surface area contributed by atoms with Gasteiger partial charge in [0.25, 0.3) is 0 Å². The van der Waals surface area contributed by atoms with E-state index in [4.69, 9.17) is 9.63 Å². The summed E-state index contributed by atoms with van der Waals surface area (Å²) >= 11 is 0. The number of rotatable bonds is 3. The van der Waals surface area contributed by atoms with Gasteiger partial charge in [-0.05, 0) is 24.6 Å². The Morgan fingerprint density at radius 1 is 1.39 bits per heavy atom. The van der Waals surface area contributed by atoms with Gasteiger partial charge < -0.3 is 9.63 Å². The number of aromatic carboxylic acids is 1. The predicted molar refractivity (Wildman–Crippen MR) is 60.2 cm³/mol. The van der Waals surface area contributed by atoms with Gasteiger partial charge in [-0.1, -0.05) is 12.1 Å². The smallest absolute Gasteiger partial charge is 0.361 e. The van der Waals surface area contributed by atoms with E-state index >= 15 is 0 Å². The number of nitrogens with zero attached hydrogens (tertiary/aromatic N) is 1. The van der Waals surface area contributed by atoms with Crippen LogP contribution < -0.4 is 5.63 Å². The van der Waals surface area contributed by atoms with Crippen molar-refractivity contribution in [3.8, 4) is 0 Å². The molecule has 18 heavy (non-hydrogen) atoms. The third-order valence-corrected chi connectivity index (χ3v) is 2.55. The van der Waals surface area contributed by atoms with Gasteiger partial charge in [0.15, 0.2) is 5.69 Å². The molecular weight excluding hydrogens is 241 g/mol. The van der Waals surface area contributed by atoms with Gasteiger partial charge >= 0.3 is 11.6 Å². The molecule has 0 amide bonds. The highest BCUT2D eigenvalue weighted by Gasteiger charge is 2.19. The van der Waals surface area contributed by atoms with Crippen molar-refractivity contribution in [3.05, 3.63) is 57.3 Å². The fraction of sp³-hybridized carbons (Fsp3) is 0.167. The van der Waals surface area contributed by atoms with E-state index in [1.54, 1.807) is 0 Å². The third kappa shape index (κ3) is 2.17. The summed E-state index contributed by atoms with van der Waals surface area (Å²) in [5, 5.41) is 9.00. The number of benzene rings is 1. The number of halogens is 1. The molecule has 0 aliphatic rings. The zero-order chi connectivity index (χ0) is 13.3. The molecule has 94 valence electrons. The molecule has 0 bridgehead atoms. The van der Waals surface area contributed by atoms with Gasteiger partial charge in [0.05, 0.1) is 12.1 Å². The minimum Gasteiger partial charge on any atom is -0.476 e. The molecule has 1 aromatic carbocycles. The summed E-state index contributed by atoms with van der Waals surface area (Å²) in [7, 11) is 0. The fourth-order valence-corrected chi connectivity index (χ4v) is 1.63. The number of hydrogen-bond donors (Lipinski definition) is 1. The molecule has 5 nitrogen and oxygen atoms in total. The van der Waals surface area contributed by atoms with Crippen LogP contribution in [0, 0.1) is 12.7 Å². The summed E-state index contributed by atoms with van der Waals surface area (Å²) in [6, 6.07) is 5.50. The minimum atomic E-state index is -1.24. The van der Waals surface area contributed by atoms with E-state index in [9.17, 15) is 14.0 Å². The number of carboxylic acids is 1. The lowest BCUT2D eigenvalue weighted by atomic mass is 10.2. The van der Waals surface area contributed by atoms with Crippen molar-refractivity contribution in [3.63, 3.8) is 0 Å². The second kappa shape index (κ2) is 4.48. The van der Waals surface area contributed by atoms with E-state index < -0.39 is 11.6 Å². The molecule has 0 aliphatic carbocycles. The second-order valence-electron chi connectivity index (χ2n) is 3.82. The molecule has 0 spiro atoms. The molecule has 2 rings (SSSR count). The first-order chi connectivity index (χ1) is 8.49. The van der Waals surface area contributed by atoms with Gasteiger partial charge in [-0.15, -0.1) is 0 Å². The molecule has 0 atom stereocenters. The molecule has 0 fully saturated rings. The SMILES string of the molecule is Cc1c(C(=O)O)n(Cc2ccc(F)cc2)oc1=O. The van der Waals surface area contributed by atoms with Crippen molar-refractivity contribution in [2.45, 2.75) is 13.5 Å². The summed E-state index contributed by atoms with van der Waals surface area (Å²) < 4.78 is 18.5. The van der Waals surface area contributed by atoms with E-state index in [0.29, 0.717) is 5.56 Å². The Morgan fingerprint density at radius 2 is 2.00 bits per heavy atom. The van der Waals surface area contributed by atoms with E-state index in [0.717, 1.165) is 4.74 Å². The Hall–Kier alpha value is -2.37. The summed E-state index contributed by atoms with van der Waals surface area (Å²) in [6.07, 6.45) is 0. The quantitative estimate of drug-likeness (QED) is 0.899. The maximum Gasteiger partial charge on any atom is 0.361 e. The standard InChI is InChI=1S/C12H10FNO4/c1-7-10(11(15)16)14(18-12(7)17)6-8-2-4-9(13)5-3-8/h2-5H,6H2,1H3,(H,15,16). The summed E-state index contributed by atoms with van der Waals surface area (Å²) in [4.78, 5) is 22.3. The molecule has 1 aromatic heterocycles. The zero-order valence-corrected chi connectivity index (χ0v) is 9.51.